The predicted molar refractivity (Wildman–Crippen MR) is 45.9 cm³/mol. The molecule has 0 saturated carbocycles. The van der Waals surface area contributed by atoms with Gasteiger partial charge in [-0.2, -0.15) is 8.78 Å². The summed E-state index contributed by atoms with van der Waals surface area (Å²) in [5, 5.41) is 0. The van der Waals surface area contributed by atoms with Crippen molar-refractivity contribution < 1.29 is 18.3 Å². The van der Waals surface area contributed by atoms with Crippen molar-refractivity contribution in [2.75, 3.05) is 32.1 Å². The van der Waals surface area contributed by atoms with E-state index in [0.717, 1.165) is 0 Å². The molecule has 0 atom stereocenters. The Hall–Kier alpha value is -0.360. The van der Waals surface area contributed by atoms with Crippen molar-refractivity contribution in [2.45, 2.75) is 5.76 Å². The molecular weight excluding hydrogens is 200 g/mol. The van der Waals surface area contributed by atoms with Crippen LogP contribution in [0.15, 0.2) is 0 Å². The van der Waals surface area contributed by atoms with Crippen molar-refractivity contribution in [1.29, 1.82) is 0 Å². The molecule has 3 nitrogen and oxygen atoms in total. The van der Waals surface area contributed by atoms with Crippen LogP contribution in [0.5, 0.6) is 0 Å². The fourth-order valence-corrected chi connectivity index (χ4v) is 1.49. The molecule has 0 radical (unpaired) electrons. The van der Waals surface area contributed by atoms with E-state index in [2.05, 4.69) is 0 Å². The molecule has 1 aliphatic rings. The average molecular weight is 211 g/mol. The number of hydrogen-bond acceptors (Lipinski definition) is 3. The highest BCUT2D eigenvalue weighted by atomic mass is 32.2. The van der Waals surface area contributed by atoms with Gasteiger partial charge >= 0.3 is 0 Å². The van der Waals surface area contributed by atoms with Gasteiger partial charge in [0.15, 0.2) is 0 Å². The maximum absolute atomic E-state index is 11.7. The van der Waals surface area contributed by atoms with Gasteiger partial charge in [0.2, 0.25) is 5.91 Å². The van der Waals surface area contributed by atoms with Crippen LogP contribution in [0.2, 0.25) is 0 Å². The normalized spacial score (nSPS) is 17.9. The third-order valence-corrected chi connectivity index (χ3v) is 2.36. The zero-order valence-electron chi connectivity index (χ0n) is 7.04. The Bertz CT molecular complexity index is 174. The molecule has 6 heteroatoms. The summed E-state index contributed by atoms with van der Waals surface area (Å²) in [6.07, 6.45) is 0. The van der Waals surface area contributed by atoms with Gasteiger partial charge < -0.3 is 9.64 Å². The smallest absolute Gasteiger partial charge is 0.285 e. The van der Waals surface area contributed by atoms with E-state index in [1.165, 1.54) is 0 Å². The van der Waals surface area contributed by atoms with E-state index in [4.69, 9.17) is 4.74 Å². The summed E-state index contributed by atoms with van der Waals surface area (Å²) >= 11 is 0.368. The van der Waals surface area contributed by atoms with Gasteiger partial charge in [0.1, 0.15) is 0 Å². The maximum Gasteiger partial charge on any atom is 0.285 e. The highest BCUT2D eigenvalue weighted by molar-refractivity contribution is 8.00. The molecule has 0 aromatic rings. The first-order valence-corrected chi connectivity index (χ1v) is 5.00. The molecular formula is C7H11F2NO2S. The maximum atomic E-state index is 11.7. The second-order valence-corrected chi connectivity index (χ2v) is 3.54. The lowest BCUT2D eigenvalue weighted by Gasteiger charge is -2.26. The van der Waals surface area contributed by atoms with E-state index >= 15 is 0 Å². The zero-order valence-corrected chi connectivity index (χ0v) is 7.86. The molecule has 0 aliphatic carbocycles. The van der Waals surface area contributed by atoms with Gasteiger partial charge in [0, 0.05) is 13.1 Å². The molecule has 1 heterocycles. The van der Waals surface area contributed by atoms with Crippen LogP contribution < -0.4 is 0 Å². The largest absolute Gasteiger partial charge is 0.378 e. The van der Waals surface area contributed by atoms with Gasteiger partial charge in [-0.1, -0.05) is 11.8 Å². The van der Waals surface area contributed by atoms with Gasteiger partial charge in [-0.05, 0) is 0 Å². The van der Waals surface area contributed by atoms with E-state index in [1.54, 1.807) is 4.90 Å². The number of alkyl halides is 2. The van der Waals surface area contributed by atoms with E-state index in [-0.39, 0.29) is 11.7 Å². The predicted octanol–water partition coefficient (Wildman–Crippen LogP) is 0.801. The number of ether oxygens (including phenoxy) is 1. The summed E-state index contributed by atoms with van der Waals surface area (Å²) in [5.41, 5.74) is 0. The number of thioether (sulfide) groups is 1. The summed E-state index contributed by atoms with van der Waals surface area (Å²) < 4.78 is 28.5. The zero-order chi connectivity index (χ0) is 9.68. The lowest BCUT2D eigenvalue weighted by atomic mass is 10.4. The minimum absolute atomic E-state index is 0.141. The van der Waals surface area contributed by atoms with Crippen LogP contribution in [0.3, 0.4) is 0 Å². The van der Waals surface area contributed by atoms with Gasteiger partial charge in [-0.3, -0.25) is 4.79 Å². The van der Waals surface area contributed by atoms with Crippen molar-refractivity contribution in [3.8, 4) is 0 Å². The third kappa shape index (κ3) is 3.91. The minimum atomic E-state index is -2.47. The van der Waals surface area contributed by atoms with Gasteiger partial charge in [-0.15, -0.1) is 0 Å². The molecule has 0 aromatic carbocycles. The Kier molecular flexibility index (Phi) is 4.44. The van der Waals surface area contributed by atoms with Gasteiger partial charge in [-0.25, -0.2) is 0 Å². The standard InChI is InChI=1S/C7H11F2NO2S/c8-7(9)13-5-6(11)10-1-3-12-4-2-10/h7H,1-5H2. The summed E-state index contributed by atoms with van der Waals surface area (Å²) in [6, 6.07) is 0. The highest BCUT2D eigenvalue weighted by Gasteiger charge is 2.17. The Morgan fingerprint density at radius 1 is 1.46 bits per heavy atom. The van der Waals surface area contributed by atoms with Crippen LogP contribution in [0, 0.1) is 0 Å². The monoisotopic (exact) mass is 211 g/mol. The number of amides is 1. The summed E-state index contributed by atoms with van der Waals surface area (Å²) in [7, 11) is 0. The SMILES string of the molecule is O=C(CSC(F)F)N1CCOCC1. The fraction of sp³-hybridized carbons (Fsp3) is 0.857. The Morgan fingerprint density at radius 2 is 2.08 bits per heavy atom. The molecule has 76 valence electrons. The van der Waals surface area contributed by atoms with Gasteiger partial charge in [0.05, 0.1) is 19.0 Å². The average Bonchev–Trinajstić information content (AvgIpc) is 2.15. The van der Waals surface area contributed by atoms with Crippen LogP contribution in [0.4, 0.5) is 8.78 Å². The summed E-state index contributed by atoms with van der Waals surface area (Å²) in [4.78, 5) is 12.8. The van der Waals surface area contributed by atoms with E-state index in [9.17, 15) is 13.6 Å². The number of halogens is 2. The van der Waals surface area contributed by atoms with Crippen LogP contribution >= 0.6 is 11.8 Å². The van der Waals surface area contributed by atoms with Crippen LogP contribution in [0.1, 0.15) is 0 Å². The molecule has 1 rings (SSSR count). The van der Waals surface area contributed by atoms with Gasteiger partial charge in [0.25, 0.3) is 5.76 Å². The number of morpholine rings is 1. The minimum Gasteiger partial charge on any atom is -0.378 e. The molecule has 0 bridgehead atoms. The Labute approximate surface area is 79.4 Å². The van der Waals surface area contributed by atoms with Crippen molar-refractivity contribution in [1.82, 2.24) is 4.90 Å². The van der Waals surface area contributed by atoms with E-state index in [0.29, 0.717) is 38.1 Å². The lowest BCUT2D eigenvalue weighted by Crippen LogP contribution is -2.41. The number of carbonyl (C=O) groups excluding carboxylic acids is 1. The highest BCUT2D eigenvalue weighted by Crippen LogP contribution is 2.14. The second-order valence-electron chi connectivity index (χ2n) is 2.56. The first kappa shape index (κ1) is 10.7. The molecule has 1 fully saturated rings. The van der Waals surface area contributed by atoms with Crippen LogP contribution in [-0.2, 0) is 9.53 Å². The first-order valence-electron chi connectivity index (χ1n) is 3.95. The second kappa shape index (κ2) is 5.39. The summed E-state index contributed by atoms with van der Waals surface area (Å²) in [5.74, 6) is -2.84. The Balaban J connectivity index is 2.21. The fourth-order valence-electron chi connectivity index (χ4n) is 1.04. The number of carbonyl (C=O) groups is 1. The molecule has 0 unspecified atom stereocenters. The Morgan fingerprint density at radius 3 is 2.62 bits per heavy atom. The number of hydrogen-bond donors (Lipinski definition) is 0. The molecule has 1 aliphatic heterocycles. The topological polar surface area (TPSA) is 29.5 Å². The van der Waals surface area contributed by atoms with Crippen molar-refractivity contribution in [3.05, 3.63) is 0 Å². The van der Waals surface area contributed by atoms with Crippen LogP contribution in [-0.4, -0.2) is 48.6 Å². The third-order valence-electron chi connectivity index (χ3n) is 1.70. The molecule has 1 saturated heterocycles. The van der Waals surface area contributed by atoms with Crippen LogP contribution in [0.25, 0.3) is 0 Å². The number of nitrogens with zero attached hydrogens (tertiary/aromatic N) is 1. The van der Waals surface area contributed by atoms with E-state index < -0.39 is 5.76 Å². The van der Waals surface area contributed by atoms with Crippen molar-refractivity contribution in [2.24, 2.45) is 0 Å². The molecule has 0 aromatic heterocycles. The van der Waals surface area contributed by atoms with E-state index in [1.807, 2.05) is 0 Å². The lowest BCUT2D eigenvalue weighted by molar-refractivity contribution is -0.132. The molecule has 0 N–H and O–H groups in total. The molecule has 13 heavy (non-hydrogen) atoms. The molecule has 0 spiro atoms. The summed E-state index contributed by atoms with van der Waals surface area (Å²) in [6.45, 7) is 2.04. The first-order chi connectivity index (χ1) is 6.20. The number of rotatable bonds is 3. The van der Waals surface area contributed by atoms with Crippen molar-refractivity contribution in [3.63, 3.8) is 0 Å². The molecule has 1 amide bonds. The van der Waals surface area contributed by atoms with Crippen molar-refractivity contribution >= 4 is 17.7 Å². The quantitative estimate of drug-likeness (QED) is 0.691.